The van der Waals surface area contributed by atoms with Crippen molar-refractivity contribution in [2.75, 3.05) is 6.61 Å². The number of aryl methyl sites for hydroxylation is 1. The van der Waals surface area contributed by atoms with Crippen molar-refractivity contribution in [3.63, 3.8) is 0 Å². The number of carbonyl (C=O) groups is 1. The van der Waals surface area contributed by atoms with Gasteiger partial charge in [0.05, 0.1) is 11.0 Å². The number of hydrogen-bond donors (Lipinski definition) is 0. The Labute approximate surface area is 163 Å². The van der Waals surface area contributed by atoms with Crippen molar-refractivity contribution in [3.8, 4) is 0 Å². The van der Waals surface area contributed by atoms with E-state index < -0.39 is 0 Å². The van der Waals surface area contributed by atoms with Crippen LogP contribution in [0.25, 0.3) is 21.8 Å². The SMILES string of the molecule is CCON=c1c2ccccc2n(CC)c2ccc(C(=O)c3ccccc3)cc12. The highest BCUT2D eigenvalue weighted by molar-refractivity contribution is 6.11. The normalized spacial score (nSPS) is 11.9. The number of fused-ring (bicyclic) bond motifs is 2. The van der Waals surface area contributed by atoms with Gasteiger partial charge in [0.25, 0.3) is 0 Å². The Morgan fingerprint density at radius 3 is 2.32 bits per heavy atom. The molecule has 0 atom stereocenters. The van der Waals surface area contributed by atoms with Crippen LogP contribution < -0.4 is 5.36 Å². The first-order valence-electron chi connectivity index (χ1n) is 9.55. The van der Waals surface area contributed by atoms with Crippen LogP contribution >= 0.6 is 0 Å². The van der Waals surface area contributed by atoms with E-state index in [0.717, 1.165) is 33.7 Å². The summed E-state index contributed by atoms with van der Waals surface area (Å²) in [6.45, 7) is 5.33. The summed E-state index contributed by atoms with van der Waals surface area (Å²) in [5, 5.41) is 7.09. The largest absolute Gasteiger partial charge is 0.396 e. The summed E-state index contributed by atoms with van der Waals surface area (Å²) in [6.07, 6.45) is 0. The van der Waals surface area contributed by atoms with Crippen LogP contribution in [0.1, 0.15) is 29.8 Å². The number of pyridine rings is 1. The van der Waals surface area contributed by atoms with Gasteiger partial charge in [0.2, 0.25) is 0 Å². The minimum absolute atomic E-state index is 0.000988. The molecule has 0 radical (unpaired) electrons. The lowest BCUT2D eigenvalue weighted by Gasteiger charge is -2.15. The Bertz CT molecular complexity index is 1220. The average Bonchev–Trinajstić information content (AvgIpc) is 2.76. The average molecular weight is 370 g/mol. The monoisotopic (exact) mass is 370 g/mol. The Morgan fingerprint density at radius 2 is 1.57 bits per heavy atom. The first kappa shape index (κ1) is 18.0. The molecule has 4 heteroatoms. The first-order chi connectivity index (χ1) is 13.7. The molecule has 0 aliphatic heterocycles. The number of para-hydroxylation sites is 1. The van der Waals surface area contributed by atoms with E-state index in [0.29, 0.717) is 17.7 Å². The van der Waals surface area contributed by atoms with Crippen LogP contribution in [0, 0.1) is 0 Å². The fraction of sp³-hybridized carbons (Fsp3) is 0.167. The lowest BCUT2D eigenvalue weighted by Crippen LogP contribution is -2.14. The zero-order chi connectivity index (χ0) is 19.5. The molecule has 0 amide bonds. The van der Waals surface area contributed by atoms with Crippen LogP contribution in [0.15, 0.2) is 78.0 Å². The third-order valence-corrected chi connectivity index (χ3v) is 4.89. The Balaban J connectivity index is 2.05. The van der Waals surface area contributed by atoms with E-state index in [9.17, 15) is 4.79 Å². The molecule has 1 aromatic heterocycles. The highest BCUT2D eigenvalue weighted by Crippen LogP contribution is 2.22. The standard InChI is InChI=1S/C24H22N2O2/c1-3-26-21-13-9-8-12-19(21)23(25-28-4-2)20-16-18(14-15-22(20)26)24(27)17-10-6-5-7-11-17/h5-16H,3-4H2,1-2H3. The summed E-state index contributed by atoms with van der Waals surface area (Å²) < 4.78 is 2.24. The predicted molar refractivity (Wildman–Crippen MR) is 112 cm³/mol. The van der Waals surface area contributed by atoms with Gasteiger partial charge in [0, 0.05) is 28.4 Å². The van der Waals surface area contributed by atoms with Gasteiger partial charge in [0.15, 0.2) is 5.78 Å². The minimum Gasteiger partial charge on any atom is -0.396 e. The summed E-state index contributed by atoms with van der Waals surface area (Å²) in [5.74, 6) is 0.000988. The second-order valence-electron chi connectivity index (χ2n) is 6.55. The van der Waals surface area contributed by atoms with Crippen molar-refractivity contribution in [1.29, 1.82) is 0 Å². The molecule has 140 valence electrons. The van der Waals surface area contributed by atoms with Crippen molar-refractivity contribution in [2.24, 2.45) is 5.16 Å². The third kappa shape index (κ3) is 3.07. The van der Waals surface area contributed by atoms with E-state index in [1.807, 2.05) is 73.7 Å². The second kappa shape index (κ2) is 7.69. The molecular formula is C24H22N2O2. The molecule has 3 aromatic carbocycles. The Morgan fingerprint density at radius 1 is 0.857 bits per heavy atom. The molecule has 0 bridgehead atoms. The number of carbonyl (C=O) groups excluding carboxylic acids is 1. The molecule has 0 aliphatic rings. The van der Waals surface area contributed by atoms with Crippen molar-refractivity contribution in [3.05, 3.63) is 89.3 Å². The maximum Gasteiger partial charge on any atom is 0.193 e. The molecule has 4 rings (SSSR count). The highest BCUT2D eigenvalue weighted by atomic mass is 16.6. The number of aromatic nitrogens is 1. The zero-order valence-corrected chi connectivity index (χ0v) is 16.1. The van der Waals surface area contributed by atoms with Crippen molar-refractivity contribution in [2.45, 2.75) is 20.4 Å². The molecule has 0 saturated carbocycles. The van der Waals surface area contributed by atoms with Gasteiger partial charge in [0.1, 0.15) is 12.0 Å². The summed E-state index contributed by atoms with van der Waals surface area (Å²) in [5.41, 5.74) is 3.45. The molecule has 0 unspecified atom stereocenters. The topological polar surface area (TPSA) is 43.6 Å². The van der Waals surface area contributed by atoms with Crippen LogP contribution in [0.2, 0.25) is 0 Å². The van der Waals surface area contributed by atoms with Crippen LogP contribution in [0.3, 0.4) is 0 Å². The maximum atomic E-state index is 13.0. The fourth-order valence-electron chi connectivity index (χ4n) is 3.61. The number of nitrogens with zero attached hydrogens (tertiary/aromatic N) is 2. The third-order valence-electron chi connectivity index (χ3n) is 4.89. The number of benzene rings is 3. The van der Waals surface area contributed by atoms with Gasteiger partial charge in [-0.3, -0.25) is 4.79 Å². The molecule has 0 aliphatic carbocycles. The summed E-state index contributed by atoms with van der Waals surface area (Å²) >= 11 is 0. The highest BCUT2D eigenvalue weighted by Gasteiger charge is 2.13. The lowest BCUT2D eigenvalue weighted by atomic mass is 10.00. The first-order valence-corrected chi connectivity index (χ1v) is 9.55. The molecule has 0 N–H and O–H groups in total. The molecule has 0 saturated heterocycles. The smallest absolute Gasteiger partial charge is 0.193 e. The molecule has 28 heavy (non-hydrogen) atoms. The zero-order valence-electron chi connectivity index (χ0n) is 16.1. The maximum absolute atomic E-state index is 13.0. The van der Waals surface area contributed by atoms with Gasteiger partial charge in [-0.1, -0.05) is 53.7 Å². The molecular weight excluding hydrogens is 348 g/mol. The molecule has 4 nitrogen and oxygen atoms in total. The van der Waals surface area contributed by atoms with Gasteiger partial charge < -0.3 is 9.40 Å². The van der Waals surface area contributed by atoms with Crippen molar-refractivity contribution in [1.82, 2.24) is 4.57 Å². The van der Waals surface area contributed by atoms with E-state index >= 15 is 0 Å². The predicted octanol–water partition coefficient (Wildman–Crippen LogP) is 4.90. The summed E-state index contributed by atoms with van der Waals surface area (Å²) in [6, 6.07) is 23.3. The van der Waals surface area contributed by atoms with Crippen LogP contribution in [0.4, 0.5) is 0 Å². The van der Waals surface area contributed by atoms with E-state index in [-0.39, 0.29) is 5.78 Å². The van der Waals surface area contributed by atoms with Crippen molar-refractivity contribution < 1.29 is 9.63 Å². The van der Waals surface area contributed by atoms with E-state index in [4.69, 9.17) is 4.84 Å². The molecule has 0 spiro atoms. The Kier molecular flexibility index (Phi) is 4.94. The summed E-state index contributed by atoms with van der Waals surface area (Å²) in [7, 11) is 0. The quantitative estimate of drug-likeness (QED) is 0.285. The number of hydrogen-bond acceptors (Lipinski definition) is 3. The van der Waals surface area contributed by atoms with Gasteiger partial charge in [-0.2, -0.15) is 0 Å². The molecule has 0 fully saturated rings. The van der Waals surface area contributed by atoms with Crippen LogP contribution in [-0.2, 0) is 11.4 Å². The molecule has 1 heterocycles. The number of ketones is 1. The minimum atomic E-state index is 0.000988. The van der Waals surface area contributed by atoms with Gasteiger partial charge in [-0.05, 0) is 38.1 Å². The van der Waals surface area contributed by atoms with Gasteiger partial charge >= 0.3 is 0 Å². The van der Waals surface area contributed by atoms with E-state index in [2.05, 4.69) is 22.7 Å². The summed E-state index contributed by atoms with van der Waals surface area (Å²) in [4.78, 5) is 18.4. The van der Waals surface area contributed by atoms with Gasteiger partial charge in [-0.25, -0.2) is 0 Å². The van der Waals surface area contributed by atoms with Crippen LogP contribution in [0.5, 0.6) is 0 Å². The molecule has 4 aromatic rings. The number of rotatable bonds is 5. The Hall–Kier alpha value is -3.40. The van der Waals surface area contributed by atoms with Crippen molar-refractivity contribution >= 4 is 27.6 Å². The van der Waals surface area contributed by atoms with E-state index in [1.54, 1.807) is 0 Å². The second-order valence-corrected chi connectivity index (χ2v) is 6.55. The van der Waals surface area contributed by atoms with E-state index in [1.165, 1.54) is 0 Å². The van der Waals surface area contributed by atoms with Gasteiger partial charge in [-0.15, -0.1) is 0 Å². The van der Waals surface area contributed by atoms with Crippen LogP contribution in [-0.4, -0.2) is 17.0 Å². The lowest BCUT2D eigenvalue weighted by molar-refractivity contribution is 0.103. The fourth-order valence-corrected chi connectivity index (χ4v) is 3.61.